The lowest BCUT2D eigenvalue weighted by atomic mass is 9.79. The van der Waals surface area contributed by atoms with Gasteiger partial charge in [-0.05, 0) is 69.2 Å². The van der Waals surface area contributed by atoms with Crippen LogP contribution in [0.3, 0.4) is 0 Å². The second-order valence-corrected chi connectivity index (χ2v) is 19.1. The Kier molecular flexibility index (Phi) is 11.2. The SMILES string of the molecule is CC(C)(C)c1cc(Nc2ccccc2SCCSc2ccccc2Nc2cc(C(C)(C)C)cc(C(C)(C)C)c2O)c(O)c(C(C)(C)C)c1. The Morgan fingerprint density at radius 2 is 0.792 bits per heavy atom. The molecule has 0 heterocycles. The molecule has 258 valence electrons. The molecule has 0 aliphatic rings. The van der Waals surface area contributed by atoms with Gasteiger partial charge >= 0.3 is 0 Å². The van der Waals surface area contributed by atoms with Crippen LogP contribution < -0.4 is 10.6 Å². The van der Waals surface area contributed by atoms with Crippen molar-refractivity contribution in [3.63, 3.8) is 0 Å². The minimum Gasteiger partial charge on any atom is -0.505 e. The van der Waals surface area contributed by atoms with Crippen LogP contribution in [0.15, 0.2) is 82.6 Å². The summed E-state index contributed by atoms with van der Waals surface area (Å²) < 4.78 is 0. The number of hydrogen-bond donors (Lipinski definition) is 4. The largest absolute Gasteiger partial charge is 0.505 e. The lowest BCUT2D eigenvalue weighted by Gasteiger charge is -2.28. The van der Waals surface area contributed by atoms with Crippen LogP contribution in [0.1, 0.15) is 105 Å². The highest BCUT2D eigenvalue weighted by atomic mass is 32.2. The Balaban J connectivity index is 1.52. The molecule has 4 N–H and O–H groups in total. The third-order valence-corrected chi connectivity index (χ3v) is 10.9. The number of phenols is 2. The summed E-state index contributed by atoms with van der Waals surface area (Å²) >= 11 is 3.61. The fourth-order valence-corrected chi connectivity index (χ4v) is 7.46. The van der Waals surface area contributed by atoms with Gasteiger partial charge in [0.1, 0.15) is 11.5 Å². The first-order valence-electron chi connectivity index (χ1n) is 16.9. The van der Waals surface area contributed by atoms with Crippen molar-refractivity contribution in [2.75, 3.05) is 22.1 Å². The molecule has 0 fully saturated rings. The van der Waals surface area contributed by atoms with E-state index in [1.807, 2.05) is 35.7 Å². The summed E-state index contributed by atoms with van der Waals surface area (Å²) in [6.45, 7) is 26.1. The van der Waals surface area contributed by atoms with Gasteiger partial charge < -0.3 is 20.8 Å². The predicted octanol–water partition coefficient (Wildman–Crippen LogP) is 12.7. The van der Waals surface area contributed by atoms with E-state index in [2.05, 4.69) is 154 Å². The summed E-state index contributed by atoms with van der Waals surface area (Å²) in [5.74, 6) is 2.42. The normalized spacial score (nSPS) is 12.7. The van der Waals surface area contributed by atoms with Crippen molar-refractivity contribution in [3.05, 3.63) is 95.1 Å². The Bertz CT molecular complexity index is 1610. The number of benzene rings is 4. The molecule has 0 aromatic heterocycles. The molecule has 4 aromatic carbocycles. The van der Waals surface area contributed by atoms with E-state index in [9.17, 15) is 10.2 Å². The van der Waals surface area contributed by atoms with Crippen LogP contribution >= 0.6 is 23.5 Å². The van der Waals surface area contributed by atoms with Gasteiger partial charge in [0.25, 0.3) is 0 Å². The maximum atomic E-state index is 11.4. The van der Waals surface area contributed by atoms with E-state index >= 15 is 0 Å². The Morgan fingerprint density at radius 3 is 1.10 bits per heavy atom. The summed E-state index contributed by atoms with van der Waals surface area (Å²) in [6.07, 6.45) is 0. The van der Waals surface area contributed by atoms with E-state index in [1.165, 1.54) is 11.1 Å². The minimum absolute atomic E-state index is 0.0518. The maximum absolute atomic E-state index is 11.4. The van der Waals surface area contributed by atoms with Gasteiger partial charge in [0.2, 0.25) is 0 Å². The standard InChI is InChI=1S/C42H56N2O2S2/c1-39(2,3)27-23-29(41(7,8)9)37(45)33(25-27)43-31-17-13-15-19-35(31)47-21-22-48-36-20-16-14-18-32(36)44-34-26-28(40(4,5)6)24-30(38(34)46)42(10,11)12/h13-20,23-26,43-46H,21-22H2,1-12H3. The number of phenolic OH excluding ortho intramolecular Hbond substituents is 2. The number of nitrogens with one attached hydrogen (secondary N) is 2. The zero-order valence-electron chi connectivity index (χ0n) is 31.1. The van der Waals surface area contributed by atoms with E-state index in [0.717, 1.165) is 55.2 Å². The van der Waals surface area contributed by atoms with E-state index < -0.39 is 0 Å². The number of hydrogen-bond acceptors (Lipinski definition) is 6. The van der Waals surface area contributed by atoms with Crippen molar-refractivity contribution in [2.24, 2.45) is 0 Å². The molecule has 48 heavy (non-hydrogen) atoms. The van der Waals surface area contributed by atoms with E-state index in [0.29, 0.717) is 11.5 Å². The summed E-state index contributed by atoms with van der Waals surface area (Å²) in [4.78, 5) is 2.28. The predicted molar refractivity (Wildman–Crippen MR) is 212 cm³/mol. The number of thioether (sulfide) groups is 2. The van der Waals surface area contributed by atoms with Crippen molar-refractivity contribution in [1.29, 1.82) is 0 Å². The molecular weight excluding hydrogens is 629 g/mol. The first kappa shape index (κ1) is 37.6. The van der Waals surface area contributed by atoms with Gasteiger partial charge in [-0.1, -0.05) is 119 Å². The molecule has 0 aliphatic carbocycles. The van der Waals surface area contributed by atoms with E-state index in [-0.39, 0.29) is 21.7 Å². The van der Waals surface area contributed by atoms with Gasteiger partial charge in [-0.3, -0.25) is 0 Å². The monoisotopic (exact) mass is 684 g/mol. The topological polar surface area (TPSA) is 64.5 Å². The zero-order chi connectivity index (χ0) is 35.7. The molecule has 4 rings (SSSR count). The number of anilines is 4. The third-order valence-electron chi connectivity index (χ3n) is 8.48. The molecule has 0 unspecified atom stereocenters. The molecule has 6 heteroatoms. The lowest BCUT2D eigenvalue weighted by Crippen LogP contribution is -2.17. The first-order valence-corrected chi connectivity index (χ1v) is 18.9. The van der Waals surface area contributed by atoms with Gasteiger partial charge in [0.05, 0.1) is 22.7 Å². The highest BCUT2D eigenvalue weighted by Crippen LogP contribution is 2.44. The smallest absolute Gasteiger partial charge is 0.142 e. The Morgan fingerprint density at radius 1 is 0.458 bits per heavy atom. The number of rotatable bonds is 9. The summed E-state index contributed by atoms with van der Waals surface area (Å²) in [7, 11) is 0. The van der Waals surface area contributed by atoms with Crippen molar-refractivity contribution >= 4 is 46.3 Å². The lowest BCUT2D eigenvalue weighted by molar-refractivity contribution is 0.446. The molecule has 4 aromatic rings. The quantitative estimate of drug-likeness (QED) is 0.0799. The fourth-order valence-electron chi connectivity index (χ4n) is 5.45. The van der Waals surface area contributed by atoms with Crippen LogP contribution in [0.5, 0.6) is 11.5 Å². The second kappa shape index (κ2) is 14.3. The van der Waals surface area contributed by atoms with Crippen LogP contribution in [-0.4, -0.2) is 21.7 Å². The van der Waals surface area contributed by atoms with E-state index in [1.54, 1.807) is 0 Å². The average molecular weight is 685 g/mol. The summed E-state index contributed by atoms with van der Waals surface area (Å²) in [5.41, 5.74) is 7.23. The van der Waals surface area contributed by atoms with Crippen molar-refractivity contribution < 1.29 is 10.2 Å². The van der Waals surface area contributed by atoms with Gasteiger partial charge in [0, 0.05) is 32.4 Å². The van der Waals surface area contributed by atoms with Gasteiger partial charge in [-0.15, -0.1) is 23.5 Å². The van der Waals surface area contributed by atoms with E-state index in [4.69, 9.17) is 0 Å². The fraction of sp³-hybridized carbons (Fsp3) is 0.429. The van der Waals surface area contributed by atoms with Crippen molar-refractivity contribution in [3.8, 4) is 11.5 Å². The first-order chi connectivity index (χ1) is 22.2. The molecule has 0 amide bonds. The molecule has 0 saturated carbocycles. The van der Waals surface area contributed by atoms with Crippen LogP contribution in [0.4, 0.5) is 22.7 Å². The Labute approximate surface area is 298 Å². The van der Waals surface area contributed by atoms with Crippen molar-refractivity contribution in [1.82, 2.24) is 0 Å². The zero-order valence-corrected chi connectivity index (χ0v) is 32.7. The second-order valence-electron chi connectivity index (χ2n) is 16.8. The molecule has 0 atom stereocenters. The van der Waals surface area contributed by atoms with Crippen LogP contribution in [0.25, 0.3) is 0 Å². The molecule has 0 aliphatic heterocycles. The third kappa shape index (κ3) is 9.26. The maximum Gasteiger partial charge on any atom is 0.142 e. The van der Waals surface area contributed by atoms with Gasteiger partial charge in [0.15, 0.2) is 0 Å². The molecule has 0 bridgehead atoms. The van der Waals surface area contributed by atoms with Crippen LogP contribution in [0, 0.1) is 0 Å². The highest BCUT2D eigenvalue weighted by molar-refractivity contribution is 8.03. The molecular formula is C42H56N2O2S2. The summed E-state index contributed by atoms with van der Waals surface area (Å²) in [6, 6.07) is 25.1. The van der Waals surface area contributed by atoms with Crippen LogP contribution in [-0.2, 0) is 21.7 Å². The molecule has 4 nitrogen and oxygen atoms in total. The van der Waals surface area contributed by atoms with Crippen LogP contribution in [0.2, 0.25) is 0 Å². The molecule has 0 spiro atoms. The summed E-state index contributed by atoms with van der Waals surface area (Å²) in [5, 5.41) is 29.9. The average Bonchev–Trinajstić information content (AvgIpc) is 2.96. The van der Waals surface area contributed by atoms with Gasteiger partial charge in [-0.2, -0.15) is 0 Å². The number of aromatic hydroxyl groups is 2. The van der Waals surface area contributed by atoms with Gasteiger partial charge in [-0.25, -0.2) is 0 Å². The molecule has 0 saturated heterocycles. The highest BCUT2D eigenvalue weighted by Gasteiger charge is 2.27. The Hall–Kier alpha value is -3.22. The van der Waals surface area contributed by atoms with Crippen molar-refractivity contribution in [2.45, 2.75) is 115 Å². The number of para-hydroxylation sites is 2. The molecule has 0 radical (unpaired) electrons. The minimum atomic E-state index is -0.193.